The Morgan fingerprint density at radius 3 is 2.50 bits per heavy atom. The third kappa shape index (κ3) is 3.15. The Kier molecular flexibility index (Phi) is 4.58. The van der Waals surface area contributed by atoms with Gasteiger partial charge in [-0.25, -0.2) is 0 Å². The van der Waals surface area contributed by atoms with Crippen LogP contribution in [0.15, 0.2) is 0 Å². The number of nitrogens with zero attached hydrogens (tertiary/aromatic N) is 2. The zero-order chi connectivity index (χ0) is 13.9. The minimum Gasteiger partial charge on any atom is -0.352 e. The molecular formula is C15H28N4O. The van der Waals surface area contributed by atoms with Gasteiger partial charge in [-0.3, -0.25) is 14.6 Å². The van der Waals surface area contributed by atoms with Gasteiger partial charge in [0.05, 0.1) is 6.04 Å². The van der Waals surface area contributed by atoms with E-state index in [2.05, 4.69) is 27.4 Å². The van der Waals surface area contributed by atoms with E-state index in [1.165, 1.54) is 25.7 Å². The van der Waals surface area contributed by atoms with Crippen molar-refractivity contribution in [3.63, 3.8) is 0 Å². The fourth-order valence-corrected chi connectivity index (χ4v) is 3.64. The SMILES string of the molecule is CC(C(=O)NC1CCCC1)N1CC(N2CCNCC2)C1. The van der Waals surface area contributed by atoms with Crippen molar-refractivity contribution < 1.29 is 4.79 Å². The summed E-state index contributed by atoms with van der Waals surface area (Å²) in [5.41, 5.74) is 0. The number of rotatable bonds is 4. The Balaban J connectivity index is 1.40. The van der Waals surface area contributed by atoms with E-state index >= 15 is 0 Å². The number of carbonyl (C=O) groups is 1. The molecule has 2 N–H and O–H groups in total. The number of hydrogen-bond donors (Lipinski definition) is 2. The highest BCUT2D eigenvalue weighted by Gasteiger charge is 2.37. The quantitative estimate of drug-likeness (QED) is 0.762. The van der Waals surface area contributed by atoms with Crippen LogP contribution >= 0.6 is 0 Å². The molecular weight excluding hydrogens is 252 g/mol. The van der Waals surface area contributed by atoms with Gasteiger partial charge >= 0.3 is 0 Å². The van der Waals surface area contributed by atoms with Gasteiger partial charge in [0.25, 0.3) is 0 Å². The second-order valence-corrected chi connectivity index (χ2v) is 6.56. The fourth-order valence-electron chi connectivity index (χ4n) is 3.64. The van der Waals surface area contributed by atoms with Gasteiger partial charge < -0.3 is 10.6 Å². The van der Waals surface area contributed by atoms with Crippen molar-refractivity contribution in [2.75, 3.05) is 39.3 Å². The molecule has 0 aromatic heterocycles. The zero-order valence-electron chi connectivity index (χ0n) is 12.6. The van der Waals surface area contributed by atoms with E-state index in [4.69, 9.17) is 0 Å². The molecule has 114 valence electrons. The van der Waals surface area contributed by atoms with Gasteiger partial charge in [0, 0.05) is 51.4 Å². The van der Waals surface area contributed by atoms with Crippen molar-refractivity contribution in [2.24, 2.45) is 0 Å². The lowest BCUT2D eigenvalue weighted by atomic mass is 10.0. The molecule has 2 heterocycles. The van der Waals surface area contributed by atoms with E-state index in [9.17, 15) is 4.79 Å². The summed E-state index contributed by atoms with van der Waals surface area (Å²) in [5.74, 6) is 0.232. The standard InChI is InChI=1S/C15H28N4O/c1-12(15(20)17-13-4-2-3-5-13)19-10-14(11-19)18-8-6-16-7-9-18/h12-14,16H,2-11H2,1H3,(H,17,20). The number of nitrogens with one attached hydrogen (secondary N) is 2. The third-order valence-electron chi connectivity index (χ3n) is 5.19. The average molecular weight is 280 g/mol. The number of hydrogen-bond acceptors (Lipinski definition) is 4. The fraction of sp³-hybridized carbons (Fsp3) is 0.933. The maximum Gasteiger partial charge on any atom is 0.237 e. The first-order chi connectivity index (χ1) is 9.74. The molecule has 0 radical (unpaired) electrons. The predicted molar refractivity (Wildman–Crippen MR) is 79.7 cm³/mol. The van der Waals surface area contributed by atoms with E-state index in [1.807, 2.05) is 0 Å². The second kappa shape index (κ2) is 6.41. The molecule has 20 heavy (non-hydrogen) atoms. The van der Waals surface area contributed by atoms with Gasteiger partial charge in [-0.05, 0) is 19.8 Å². The first-order valence-electron chi connectivity index (χ1n) is 8.23. The van der Waals surface area contributed by atoms with Gasteiger partial charge in [0.15, 0.2) is 0 Å². The first-order valence-corrected chi connectivity index (χ1v) is 8.23. The van der Waals surface area contributed by atoms with Crippen LogP contribution in [0.5, 0.6) is 0 Å². The molecule has 3 aliphatic rings. The van der Waals surface area contributed by atoms with E-state index in [0.717, 1.165) is 39.3 Å². The largest absolute Gasteiger partial charge is 0.352 e. The summed E-state index contributed by atoms with van der Waals surface area (Å²) in [6, 6.07) is 1.14. The summed E-state index contributed by atoms with van der Waals surface area (Å²) in [7, 11) is 0. The van der Waals surface area contributed by atoms with Crippen LogP contribution < -0.4 is 10.6 Å². The molecule has 1 amide bonds. The van der Waals surface area contributed by atoms with Gasteiger partial charge in [0.1, 0.15) is 0 Å². The molecule has 0 aromatic carbocycles. The zero-order valence-corrected chi connectivity index (χ0v) is 12.6. The molecule has 1 saturated carbocycles. The molecule has 1 unspecified atom stereocenters. The molecule has 5 heteroatoms. The number of likely N-dealkylation sites (tertiary alicyclic amines) is 1. The summed E-state index contributed by atoms with van der Waals surface area (Å²) < 4.78 is 0. The van der Waals surface area contributed by atoms with Crippen LogP contribution in [0.25, 0.3) is 0 Å². The Bertz CT molecular complexity index is 331. The molecule has 5 nitrogen and oxygen atoms in total. The van der Waals surface area contributed by atoms with Crippen molar-refractivity contribution in [1.29, 1.82) is 0 Å². The van der Waals surface area contributed by atoms with E-state index in [1.54, 1.807) is 0 Å². The van der Waals surface area contributed by atoms with Crippen LogP contribution in [0.3, 0.4) is 0 Å². The summed E-state index contributed by atoms with van der Waals surface area (Å²) >= 11 is 0. The van der Waals surface area contributed by atoms with Gasteiger partial charge in [0.2, 0.25) is 5.91 Å². The molecule has 0 aromatic rings. The highest BCUT2D eigenvalue weighted by atomic mass is 16.2. The van der Waals surface area contributed by atoms with E-state index < -0.39 is 0 Å². The highest BCUT2D eigenvalue weighted by molar-refractivity contribution is 5.81. The van der Waals surface area contributed by atoms with Crippen LogP contribution in [0.2, 0.25) is 0 Å². The molecule has 1 aliphatic carbocycles. The van der Waals surface area contributed by atoms with Crippen molar-refractivity contribution in [2.45, 2.75) is 50.7 Å². The maximum absolute atomic E-state index is 12.2. The topological polar surface area (TPSA) is 47.6 Å². The van der Waals surface area contributed by atoms with Crippen molar-refractivity contribution in [3.8, 4) is 0 Å². The van der Waals surface area contributed by atoms with Gasteiger partial charge in [-0.1, -0.05) is 12.8 Å². The monoisotopic (exact) mass is 280 g/mol. The van der Waals surface area contributed by atoms with E-state index in [0.29, 0.717) is 12.1 Å². The summed E-state index contributed by atoms with van der Waals surface area (Å²) in [5, 5.41) is 6.61. The molecule has 3 rings (SSSR count). The van der Waals surface area contributed by atoms with Crippen LogP contribution in [0, 0.1) is 0 Å². The number of amides is 1. The molecule has 2 saturated heterocycles. The lowest BCUT2D eigenvalue weighted by Crippen LogP contribution is -2.66. The molecule has 1 atom stereocenters. The predicted octanol–water partition coefficient (Wildman–Crippen LogP) is 0.0231. The highest BCUT2D eigenvalue weighted by Crippen LogP contribution is 2.20. The number of piperazine rings is 1. The van der Waals surface area contributed by atoms with Crippen molar-refractivity contribution >= 4 is 5.91 Å². The van der Waals surface area contributed by atoms with Crippen molar-refractivity contribution in [1.82, 2.24) is 20.4 Å². The smallest absolute Gasteiger partial charge is 0.237 e. The van der Waals surface area contributed by atoms with E-state index in [-0.39, 0.29) is 11.9 Å². The summed E-state index contributed by atoms with van der Waals surface area (Å²) in [4.78, 5) is 17.1. The first kappa shape index (κ1) is 14.3. The average Bonchev–Trinajstić information content (AvgIpc) is 2.91. The minimum atomic E-state index is 0.0368. The van der Waals surface area contributed by atoms with Crippen molar-refractivity contribution in [3.05, 3.63) is 0 Å². The van der Waals surface area contributed by atoms with Crippen LogP contribution in [0.1, 0.15) is 32.6 Å². The van der Waals surface area contributed by atoms with Crippen LogP contribution in [-0.2, 0) is 4.79 Å². The Morgan fingerprint density at radius 1 is 1.20 bits per heavy atom. The molecule has 0 bridgehead atoms. The van der Waals surface area contributed by atoms with Gasteiger partial charge in [-0.2, -0.15) is 0 Å². The third-order valence-corrected chi connectivity index (χ3v) is 5.19. The Morgan fingerprint density at radius 2 is 1.85 bits per heavy atom. The Hall–Kier alpha value is -0.650. The minimum absolute atomic E-state index is 0.0368. The summed E-state index contributed by atoms with van der Waals surface area (Å²) in [6.45, 7) is 8.68. The Labute approximate surface area is 122 Å². The van der Waals surface area contributed by atoms with Crippen LogP contribution in [-0.4, -0.2) is 73.1 Å². The summed E-state index contributed by atoms with van der Waals surface area (Å²) in [6.07, 6.45) is 4.88. The number of carbonyl (C=O) groups excluding carboxylic acids is 1. The second-order valence-electron chi connectivity index (χ2n) is 6.56. The van der Waals surface area contributed by atoms with Gasteiger partial charge in [-0.15, -0.1) is 0 Å². The molecule has 3 fully saturated rings. The lowest BCUT2D eigenvalue weighted by molar-refractivity contribution is -0.129. The maximum atomic E-state index is 12.2. The molecule has 0 spiro atoms. The molecule has 2 aliphatic heterocycles. The lowest BCUT2D eigenvalue weighted by Gasteiger charge is -2.48. The van der Waals surface area contributed by atoms with Crippen LogP contribution in [0.4, 0.5) is 0 Å². The normalized spacial score (nSPS) is 28.2.